The molecule has 1 rings (SSSR count). The summed E-state index contributed by atoms with van der Waals surface area (Å²) >= 11 is 0. The molecule has 1 heterocycles. The molecule has 1 amide bonds. The van der Waals surface area contributed by atoms with E-state index in [2.05, 4.69) is 0 Å². The van der Waals surface area contributed by atoms with E-state index in [1.807, 2.05) is 4.90 Å². The molecule has 1 saturated heterocycles. The van der Waals surface area contributed by atoms with Crippen LogP contribution in [0, 0.1) is 0 Å². The van der Waals surface area contributed by atoms with E-state index in [0.717, 1.165) is 25.9 Å². The fraction of sp³-hybridized carbons (Fsp3) is 0.900. The first-order chi connectivity index (χ1) is 6.22. The van der Waals surface area contributed by atoms with Crippen molar-refractivity contribution in [1.29, 1.82) is 0 Å². The van der Waals surface area contributed by atoms with E-state index in [-0.39, 0.29) is 11.9 Å². The molecule has 0 aromatic carbocycles. The number of nitrogens with zero attached hydrogens (tertiary/aromatic N) is 1. The molecule has 0 radical (unpaired) electrons. The minimum absolute atomic E-state index is 0.113. The highest BCUT2D eigenvalue weighted by atomic mass is 16.2. The van der Waals surface area contributed by atoms with Gasteiger partial charge in [0.1, 0.15) is 0 Å². The number of rotatable bonds is 1. The van der Waals surface area contributed by atoms with E-state index in [1.54, 1.807) is 6.92 Å². The summed E-state index contributed by atoms with van der Waals surface area (Å²) in [5.41, 5.74) is 5.57. The highest BCUT2D eigenvalue weighted by molar-refractivity contribution is 5.81. The number of likely N-dealkylation sites (tertiary alicyclic amines) is 1. The van der Waals surface area contributed by atoms with Gasteiger partial charge in [-0.25, -0.2) is 0 Å². The third-order valence-electron chi connectivity index (χ3n) is 2.56. The highest BCUT2D eigenvalue weighted by Crippen LogP contribution is 2.10. The van der Waals surface area contributed by atoms with Gasteiger partial charge in [0.2, 0.25) is 5.91 Å². The second-order valence-corrected chi connectivity index (χ2v) is 3.88. The third-order valence-corrected chi connectivity index (χ3v) is 2.56. The minimum Gasteiger partial charge on any atom is -0.341 e. The fourth-order valence-corrected chi connectivity index (χ4v) is 1.76. The molecule has 0 unspecified atom stereocenters. The summed E-state index contributed by atoms with van der Waals surface area (Å²) in [5.74, 6) is 0.113. The SMILES string of the molecule is C[C@H](N)C(=O)N1CCCCCCC1. The van der Waals surface area contributed by atoms with Gasteiger partial charge in [-0.15, -0.1) is 0 Å². The molecular weight excluding hydrogens is 164 g/mol. The van der Waals surface area contributed by atoms with Gasteiger partial charge < -0.3 is 10.6 Å². The molecule has 76 valence electrons. The molecular formula is C10H20N2O. The highest BCUT2D eigenvalue weighted by Gasteiger charge is 2.17. The maximum Gasteiger partial charge on any atom is 0.239 e. The average Bonchev–Trinajstić information content (AvgIpc) is 2.02. The molecule has 13 heavy (non-hydrogen) atoms. The summed E-state index contributed by atoms with van der Waals surface area (Å²) < 4.78 is 0. The molecule has 3 heteroatoms. The van der Waals surface area contributed by atoms with Crippen molar-refractivity contribution in [2.24, 2.45) is 5.73 Å². The van der Waals surface area contributed by atoms with Crippen LogP contribution in [0.15, 0.2) is 0 Å². The lowest BCUT2D eigenvalue weighted by atomic mass is 10.1. The van der Waals surface area contributed by atoms with Crippen molar-refractivity contribution >= 4 is 5.91 Å². The van der Waals surface area contributed by atoms with Crippen molar-refractivity contribution in [3.63, 3.8) is 0 Å². The Kier molecular flexibility index (Phi) is 4.22. The lowest BCUT2D eigenvalue weighted by Gasteiger charge is -2.26. The van der Waals surface area contributed by atoms with E-state index in [4.69, 9.17) is 5.73 Å². The molecule has 0 spiro atoms. The van der Waals surface area contributed by atoms with Crippen LogP contribution in [-0.2, 0) is 4.79 Å². The monoisotopic (exact) mass is 184 g/mol. The number of carbonyl (C=O) groups excluding carboxylic acids is 1. The van der Waals surface area contributed by atoms with Crippen molar-refractivity contribution in [3.8, 4) is 0 Å². The van der Waals surface area contributed by atoms with Crippen molar-refractivity contribution in [3.05, 3.63) is 0 Å². The van der Waals surface area contributed by atoms with Gasteiger partial charge >= 0.3 is 0 Å². The Bertz CT molecular complexity index is 160. The summed E-state index contributed by atoms with van der Waals surface area (Å²) in [6, 6.07) is -0.334. The molecule has 1 aliphatic rings. The standard InChI is InChI=1S/C10H20N2O/c1-9(11)10(13)12-7-5-3-2-4-6-8-12/h9H,2-8,11H2,1H3/t9-/m0/s1. The van der Waals surface area contributed by atoms with Crippen LogP contribution in [0.25, 0.3) is 0 Å². The van der Waals surface area contributed by atoms with Crippen LogP contribution in [0.5, 0.6) is 0 Å². The normalized spacial score (nSPS) is 21.8. The fourth-order valence-electron chi connectivity index (χ4n) is 1.76. The van der Waals surface area contributed by atoms with Crippen molar-refractivity contribution < 1.29 is 4.79 Å². The Morgan fingerprint density at radius 3 is 2.08 bits per heavy atom. The van der Waals surface area contributed by atoms with Crippen molar-refractivity contribution in [1.82, 2.24) is 4.90 Å². The number of carbonyl (C=O) groups is 1. The van der Waals surface area contributed by atoms with Gasteiger partial charge in [-0.2, -0.15) is 0 Å². The summed E-state index contributed by atoms with van der Waals surface area (Å²) in [6.07, 6.45) is 6.10. The largest absolute Gasteiger partial charge is 0.341 e. The Labute approximate surface area is 80.3 Å². The van der Waals surface area contributed by atoms with E-state index in [9.17, 15) is 4.79 Å². The Morgan fingerprint density at radius 2 is 1.62 bits per heavy atom. The summed E-state index contributed by atoms with van der Waals surface area (Å²) in [5, 5.41) is 0. The molecule has 0 aromatic heterocycles. The second-order valence-electron chi connectivity index (χ2n) is 3.88. The van der Waals surface area contributed by atoms with Gasteiger partial charge in [0.25, 0.3) is 0 Å². The van der Waals surface area contributed by atoms with Crippen LogP contribution in [-0.4, -0.2) is 29.9 Å². The molecule has 2 N–H and O–H groups in total. The van der Waals surface area contributed by atoms with Crippen LogP contribution in [0.4, 0.5) is 0 Å². The molecule has 3 nitrogen and oxygen atoms in total. The number of hydrogen-bond acceptors (Lipinski definition) is 2. The quantitative estimate of drug-likeness (QED) is 0.664. The molecule has 1 atom stereocenters. The van der Waals surface area contributed by atoms with Gasteiger partial charge in [-0.3, -0.25) is 4.79 Å². The van der Waals surface area contributed by atoms with Crippen molar-refractivity contribution in [2.75, 3.05) is 13.1 Å². The van der Waals surface area contributed by atoms with Crippen LogP contribution < -0.4 is 5.73 Å². The molecule has 0 saturated carbocycles. The Hall–Kier alpha value is -0.570. The van der Waals surface area contributed by atoms with Gasteiger partial charge in [-0.1, -0.05) is 19.3 Å². The smallest absolute Gasteiger partial charge is 0.239 e. The molecule has 0 aromatic rings. The number of nitrogens with two attached hydrogens (primary N) is 1. The molecule has 0 bridgehead atoms. The Balaban J connectivity index is 2.41. The first-order valence-electron chi connectivity index (χ1n) is 5.26. The van der Waals surface area contributed by atoms with Gasteiger partial charge in [0.05, 0.1) is 6.04 Å². The lowest BCUT2D eigenvalue weighted by Crippen LogP contribution is -2.43. The zero-order chi connectivity index (χ0) is 9.68. The maximum absolute atomic E-state index is 11.6. The maximum atomic E-state index is 11.6. The summed E-state index contributed by atoms with van der Waals surface area (Å²) in [7, 11) is 0. The Morgan fingerprint density at radius 1 is 1.15 bits per heavy atom. The van der Waals surface area contributed by atoms with Gasteiger partial charge in [0.15, 0.2) is 0 Å². The van der Waals surface area contributed by atoms with Crippen LogP contribution in [0.2, 0.25) is 0 Å². The number of hydrogen-bond donors (Lipinski definition) is 1. The summed E-state index contributed by atoms with van der Waals surface area (Å²) in [6.45, 7) is 3.57. The average molecular weight is 184 g/mol. The van der Waals surface area contributed by atoms with E-state index >= 15 is 0 Å². The summed E-state index contributed by atoms with van der Waals surface area (Å²) in [4.78, 5) is 13.5. The molecule has 1 fully saturated rings. The molecule has 0 aliphatic carbocycles. The topological polar surface area (TPSA) is 46.3 Å². The minimum atomic E-state index is -0.334. The van der Waals surface area contributed by atoms with E-state index in [0.29, 0.717) is 0 Å². The predicted molar refractivity (Wildman–Crippen MR) is 53.3 cm³/mol. The van der Waals surface area contributed by atoms with Gasteiger partial charge in [0, 0.05) is 13.1 Å². The molecule has 1 aliphatic heterocycles. The van der Waals surface area contributed by atoms with E-state index < -0.39 is 0 Å². The first-order valence-corrected chi connectivity index (χ1v) is 5.26. The zero-order valence-electron chi connectivity index (χ0n) is 8.46. The van der Waals surface area contributed by atoms with Crippen LogP contribution in [0.1, 0.15) is 39.0 Å². The third kappa shape index (κ3) is 3.35. The van der Waals surface area contributed by atoms with Crippen LogP contribution >= 0.6 is 0 Å². The lowest BCUT2D eigenvalue weighted by molar-refractivity contribution is -0.132. The number of amides is 1. The predicted octanol–water partition coefficient (Wildman–Crippen LogP) is 1.13. The van der Waals surface area contributed by atoms with Crippen molar-refractivity contribution in [2.45, 2.75) is 45.1 Å². The van der Waals surface area contributed by atoms with Gasteiger partial charge in [-0.05, 0) is 19.8 Å². The second kappa shape index (κ2) is 5.22. The van der Waals surface area contributed by atoms with E-state index in [1.165, 1.54) is 19.3 Å². The van der Waals surface area contributed by atoms with Crippen LogP contribution in [0.3, 0.4) is 0 Å². The zero-order valence-corrected chi connectivity index (χ0v) is 8.46. The first kappa shape index (κ1) is 10.5.